The van der Waals surface area contributed by atoms with Gasteiger partial charge in [-0.15, -0.1) is 0 Å². The zero-order valence-electron chi connectivity index (χ0n) is 16.3. The summed E-state index contributed by atoms with van der Waals surface area (Å²) < 4.78 is 27.3. The maximum Gasteiger partial charge on any atom is 0.241 e. The van der Waals surface area contributed by atoms with Crippen molar-refractivity contribution in [2.24, 2.45) is 13.0 Å². The highest BCUT2D eigenvalue weighted by Crippen LogP contribution is 2.24. The van der Waals surface area contributed by atoms with E-state index < -0.39 is 12.3 Å². The Hall–Kier alpha value is -2.74. The molecule has 3 heterocycles. The van der Waals surface area contributed by atoms with E-state index in [4.69, 9.17) is 0 Å². The molecule has 0 bridgehead atoms. The number of alkyl halides is 2. The molecule has 0 unspecified atom stereocenters. The summed E-state index contributed by atoms with van der Waals surface area (Å²) in [6.45, 7) is 1.33. The minimum absolute atomic E-state index is 0.00302. The highest BCUT2D eigenvalue weighted by atomic mass is 19.3. The van der Waals surface area contributed by atoms with E-state index in [1.165, 1.54) is 0 Å². The highest BCUT2D eigenvalue weighted by molar-refractivity contribution is 5.85. The van der Waals surface area contributed by atoms with Gasteiger partial charge >= 0.3 is 0 Å². The Balaban J connectivity index is 1.42. The number of likely N-dealkylation sites (tertiary alicyclic amines) is 1. The van der Waals surface area contributed by atoms with Crippen LogP contribution < -0.4 is 0 Å². The lowest BCUT2D eigenvalue weighted by molar-refractivity contribution is -0.120. The van der Waals surface area contributed by atoms with Gasteiger partial charge < -0.3 is 0 Å². The summed E-state index contributed by atoms with van der Waals surface area (Å²) in [6, 6.07) is 5.92. The summed E-state index contributed by atoms with van der Waals surface area (Å²) >= 11 is 0. The van der Waals surface area contributed by atoms with Crippen LogP contribution in [-0.2, 0) is 18.3 Å². The molecular formula is C21H23F2N5O. The van der Waals surface area contributed by atoms with Crippen molar-refractivity contribution < 1.29 is 13.6 Å². The Bertz CT molecular complexity index is 1010. The van der Waals surface area contributed by atoms with E-state index in [0.29, 0.717) is 31.8 Å². The summed E-state index contributed by atoms with van der Waals surface area (Å²) in [5.41, 5.74) is 2.78. The highest BCUT2D eigenvalue weighted by Gasteiger charge is 2.27. The molecule has 0 amide bonds. The fourth-order valence-electron chi connectivity index (χ4n) is 3.74. The van der Waals surface area contributed by atoms with Gasteiger partial charge in [0.15, 0.2) is 5.78 Å². The summed E-state index contributed by atoms with van der Waals surface area (Å²) in [4.78, 5) is 23.3. The molecule has 0 spiro atoms. The summed E-state index contributed by atoms with van der Waals surface area (Å²) in [5, 5.41) is 5.10. The molecule has 1 saturated heterocycles. The topological polar surface area (TPSA) is 63.9 Å². The first-order valence-electron chi connectivity index (χ1n) is 9.75. The number of aromatic nitrogens is 4. The van der Waals surface area contributed by atoms with Crippen molar-refractivity contribution in [2.75, 3.05) is 19.6 Å². The molecule has 1 fully saturated rings. The van der Waals surface area contributed by atoms with Crippen LogP contribution in [0.3, 0.4) is 0 Å². The van der Waals surface area contributed by atoms with Crippen molar-refractivity contribution in [3.05, 3.63) is 42.6 Å². The molecule has 0 radical (unpaired) electrons. The van der Waals surface area contributed by atoms with Crippen LogP contribution in [-0.4, -0.2) is 56.5 Å². The first-order chi connectivity index (χ1) is 14.0. The lowest BCUT2D eigenvalue weighted by Crippen LogP contribution is -2.39. The van der Waals surface area contributed by atoms with Crippen molar-refractivity contribution >= 4 is 16.7 Å². The van der Waals surface area contributed by atoms with Crippen molar-refractivity contribution in [3.8, 4) is 11.1 Å². The van der Waals surface area contributed by atoms with Crippen LogP contribution in [0.15, 0.2) is 36.8 Å². The van der Waals surface area contributed by atoms with Gasteiger partial charge in [-0.3, -0.25) is 14.4 Å². The van der Waals surface area contributed by atoms with Crippen LogP contribution in [0, 0.1) is 5.92 Å². The van der Waals surface area contributed by atoms with Gasteiger partial charge in [0.25, 0.3) is 0 Å². The van der Waals surface area contributed by atoms with Crippen LogP contribution in [0.2, 0.25) is 0 Å². The summed E-state index contributed by atoms with van der Waals surface area (Å²) in [5.74, 6) is -0.0595. The molecule has 1 aliphatic rings. The second-order valence-corrected chi connectivity index (χ2v) is 7.63. The largest absolute Gasteiger partial charge is 0.298 e. The van der Waals surface area contributed by atoms with E-state index in [0.717, 1.165) is 22.0 Å². The van der Waals surface area contributed by atoms with Gasteiger partial charge in [-0.1, -0.05) is 12.1 Å². The Morgan fingerprint density at radius 3 is 2.69 bits per heavy atom. The van der Waals surface area contributed by atoms with Crippen molar-refractivity contribution in [1.29, 1.82) is 0 Å². The average molecular weight is 399 g/mol. The monoisotopic (exact) mass is 399 g/mol. The Labute approximate surface area is 167 Å². The third kappa shape index (κ3) is 4.64. The third-order valence-corrected chi connectivity index (χ3v) is 5.41. The van der Waals surface area contributed by atoms with Crippen LogP contribution in [0.25, 0.3) is 22.0 Å². The SMILES string of the molecule is Cn1cc(-c2ccc3cnc(CC(=O)CN4CCC(C(F)F)CC4)nc3c2)cn1. The fraction of sp³-hybridized carbons (Fsp3) is 0.429. The number of carbonyl (C=O) groups is 1. The minimum Gasteiger partial charge on any atom is -0.298 e. The molecule has 3 aromatic rings. The number of Topliss-reactive ketones (excluding diaryl/α,β-unsaturated/α-hetero) is 1. The number of benzene rings is 1. The average Bonchev–Trinajstić information content (AvgIpc) is 3.14. The minimum atomic E-state index is -2.27. The van der Waals surface area contributed by atoms with Crippen LogP contribution in [0.5, 0.6) is 0 Å². The number of nitrogens with zero attached hydrogens (tertiary/aromatic N) is 5. The van der Waals surface area contributed by atoms with Crippen LogP contribution in [0.1, 0.15) is 18.7 Å². The van der Waals surface area contributed by atoms with Gasteiger partial charge in [0, 0.05) is 36.3 Å². The van der Waals surface area contributed by atoms with E-state index in [-0.39, 0.29) is 18.7 Å². The molecule has 0 atom stereocenters. The first kappa shape index (κ1) is 19.6. The second-order valence-electron chi connectivity index (χ2n) is 7.63. The number of ketones is 1. The number of hydrogen-bond donors (Lipinski definition) is 0. The van der Waals surface area contributed by atoms with Crippen molar-refractivity contribution in [1.82, 2.24) is 24.6 Å². The van der Waals surface area contributed by atoms with Crippen LogP contribution in [0.4, 0.5) is 8.78 Å². The number of fused-ring (bicyclic) bond motifs is 1. The quantitative estimate of drug-likeness (QED) is 0.637. The Kier molecular flexibility index (Phi) is 5.62. The number of carbonyl (C=O) groups excluding carboxylic acids is 1. The molecule has 1 aliphatic heterocycles. The van der Waals surface area contributed by atoms with Gasteiger partial charge in [-0.05, 0) is 37.6 Å². The molecule has 0 saturated carbocycles. The number of hydrogen-bond acceptors (Lipinski definition) is 5. The third-order valence-electron chi connectivity index (χ3n) is 5.41. The number of aryl methyl sites for hydroxylation is 1. The molecule has 6 nitrogen and oxygen atoms in total. The maximum absolute atomic E-state index is 12.8. The smallest absolute Gasteiger partial charge is 0.241 e. The summed E-state index contributed by atoms with van der Waals surface area (Å²) in [6.07, 6.45) is 4.21. The number of rotatable bonds is 6. The molecule has 152 valence electrons. The molecule has 0 aliphatic carbocycles. The molecular weight excluding hydrogens is 376 g/mol. The predicted octanol–water partition coefficient (Wildman–Crippen LogP) is 3.12. The van der Waals surface area contributed by atoms with Crippen LogP contribution >= 0.6 is 0 Å². The number of halogens is 2. The van der Waals surface area contributed by atoms with Crippen molar-refractivity contribution in [2.45, 2.75) is 25.7 Å². The van der Waals surface area contributed by atoms with Gasteiger partial charge in [0.1, 0.15) is 5.82 Å². The Morgan fingerprint density at radius 2 is 2.00 bits per heavy atom. The molecule has 2 aromatic heterocycles. The number of piperidine rings is 1. The second kappa shape index (κ2) is 8.32. The molecule has 29 heavy (non-hydrogen) atoms. The Morgan fingerprint density at radius 1 is 1.21 bits per heavy atom. The predicted molar refractivity (Wildman–Crippen MR) is 106 cm³/mol. The zero-order valence-corrected chi connectivity index (χ0v) is 16.3. The lowest BCUT2D eigenvalue weighted by atomic mass is 9.97. The van der Waals surface area contributed by atoms with E-state index in [2.05, 4.69) is 15.1 Å². The molecule has 0 N–H and O–H groups in total. The lowest BCUT2D eigenvalue weighted by Gasteiger charge is -2.30. The normalized spacial score (nSPS) is 16.0. The fourth-order valence-corrected chi connectivity index (χ4v) is 3.74. The van der Waals surface area contributed by atoms with E-state index in [9.17, 15) is 13.6 Å². The van der Waals surface area contributed by atoms with Gasteiger partial charge in [0.05, 0.1) is 24.7 Å². The van der Waals surface area contributed by atoms with E-state index in [1.54, 1.807) is 17.1 Å². The van der Waals surface area contributed by atoms with Crippen molar-refractivity contribution in [3.63, 3.8) is 0 Å². The zero-order chi connectivity index (χ0) is 20.4. The molecule has 8 heteroatoms. The summed E-state index contributed by atoms with van der Waals surface area (Å²) in [7, 11) is 1.87. The van der Waals surface area contributed by atoms with E-state index in [1.807, 2.05) is 36.3 Å². The van der Waals surface area contributed by atoms with Gasteiger partial charge in [-0.2, -0.15) is 5.10 Å². The molecule has 1 aromatic carbocycles. The van der Waals surface area contributed by atoms with E-state index >= 15 is 0 Å². The standard InChI is InChI=1S/C21H23F2N5O/c1-27-12-17(11-25-27)15-2-3-16-10-24-20(26-19(16)8-15)9-18(29)13-28-6-4-14(5-7-28)21(22)23/h2-3,8,10-12,14,21H,4-7,9,13H2,1H3. The molecule has 4 rings (SSSR count). The van der Waals surface area contributed by atoms with Gasteiger partial charge in [-0.25, -0.2) is 18.7 Å². The van der Waals surface area contributed by atoms with Gasteiger partial charge in [0.2, 0.25) is 6.43 Å². The maximum atomic E-state index is 12.8. The first-order valence-corrected chi connectivity index (χ1v) is 9.75.